The molecular formula is C8H18NaO2PS2. The zero-order valence-electron chi connectivity index (χ0n) is 9.65. The van der Waals surface area contributed by atoms with Crippen LogP contribution in [-0.2, 0) is 33.1 Å². The Morgan fingerprint density at radius 3 is 1.57 bits per heavy atom. The topological polar surface area (TPSA) is 18.5 Å². The van der Waals surface area contributed by atoms with Crippen molar-refractivity contribution in [3.63, 3.8) is 0 Å². The van der Waals surface area contributed by atoms with Crippen LogP contribution in [0.2, 0.25) is 0 Å². The molecule has 80 valence electrons. The Labute approximate surface area is 120 Å². The minimum Gasteiger partial charge on any atom is -0.691 e. The smallest absolute Gasteiger partial charge is 0.691 e. The van der Waals surface area contributed by atoms with Crippen LogP contribution in [0.5, 0.6) is 0 Å². The molecular weight excluding hydrogens is 246 g/mol. The average molecular weight is 264 g/mol. The van der Waals surface area contributed by atoms with Crippen LogP contribution in [0.1, 0.15) is 27.7 Å². The first-order valence-corrected chi connectivity index (χ1v) is 8.09. The fourth-order valence-corrected chi connectivity index (χ4v) is 2.28. The largest absolute Gasteiger partial charge is 1.00 e. The second kappa shape index (κ2) is 9.00. The monoisotopic (exact) mass is 264 g/mol. The van der Waals surface area contributed by atoms with Crippen LogP contribution in [0.25, 0.3) is 0 Å². The van der Waals surface area contributed by atoms with E-state index in [0.717, 1.165) is 0 Å². The first-order valence-electron chi connectivity index (χ1n) is 4.43. The van der Waals surface area contributed by atoms with Crippen LogP contribution >= 0.6 is 5.69 Å². The van der Waals surface area contributed by atoms with Gasteiger partial charge in [-0.2, -0.15) is 0 Å². The Morgan fingerprint density at radius 2 is 1.36 bits per heavy atom. The van der Waals surface area contributed by atoms with Crippen molar-refractivity contribution in [2.45, 2.75) is 27.7 Å². The predicted octanol–water partition coefficient (Wildman–Crippen LogP) is 0.107. The molecule has 0 aromatic carbocycles. The summed E-state index contributed by atoms with van der Waals surface area (Å²) in [6.45, 7) is 9.44. The normalized spacial score (nSPS) is 11.9. The molecule has 14 heavy (non-hydrogen) atoms. The molecule has 0 aliphatic heterocycles. The van der Waals surface area contributed by atoms with Crippen LogP contribution in [0, 0.1) is 11.8 Å². The Balaban J connectivity index is 0. The van der Waals surface area contributed by atoms with Gasteiger partial charge in [-0.05, 0) is 11.8 Å². The van der Waals surface area contributed by atoms with Gasteiger partial charge in [-0.1, -0.05) is 39.5 Å². The quantitative estimate of drug-likeness (QED) is 0.385. The SMILES string of the molecule is CC(C)COP(=S)([S-])OCC(C)C.[Na+]. The number of hydrogen-bond donors (Lipinski definition) is 0. The van der Waals surface area contributed by atoms with E-state index in [4.69, 9.17) is 33.1 Å². The van der Waals surface area contributed by atoms with Gasteiger partial charge < -0.3 is 21.3 Å². The molecule has 0 aliphatic carbocycles. The first kappa shape index (κ1) is 18.3. The maximum Gasteiger partial charge on any atom is 1.00 e. The Hall–Kier alpha value is 1.92. The average Bonchev–Trinajstić information content (AvgIpc) is 1.98. The molecule has 6 heteroatoms. The molecule has 2 nitrogen and oxygen atoms in total. The molecule has 0 N–H and O–H groups in total. The summed E-state index contributed by atoms with van der Waals surface area (Å²) in [6, 6.07) is 0. The van der Waals surface area contributed by atoms with Gasteiger partial charge in [0.1, 0.15) is 0 Å². The number of hydrogen-bond acceptors (Lipinski definition) is 4. The van der Waals surface area contributed by atoms with Crippen molar-refractivity contribution in [2.75, 3.05) is 13.2 Å². The van der Waals surface area contributed by atoms with Gasteiger partial charge in [0.05, 0.1) is 18.9 Å². The van der Waals surface area contributed by atoms with Gasteiger partial charge in [0.15, 0.2) is 0 Å². The molecule has 0 saturated heterocycles. The van der Waals surface area contributed by atoms with E-state index in [1.54, 1.807) is 0 Å². The third kappa shape index (κ3) is 12.0. The van der Waals surface area contributed by atoms with Crippen LogP contribution in [0.3, 0.4) is 0 Å². The number of rotatable bonds is 6. The molecule has 0 amide bonds. The summed E-state index contributed by atoms with van der Waals surface area (Å²) in [5.41, 5.74) is -2.38. The molecule has 0 saturated carbocycles. The maximum absolute atomic E-state index is 5.36. The van der Waals surface area contributed by atoms with E-state index in [2.05, 4.69) is 27.7 Å². The van der Waals surface area contributed by atoms with E-state index in [1.807, 2.05) is 0 Å². The van der Waals surface area contributed by atoms with E-state index in [1.165, 1.54) is 0 Å². The summed E-state index contributed by atoms with van der Waals surface area (Å²) in [6.07, 6.45) is 0. The van der Waals surface area contributed by atoms with E-state index in [0.29, 0.717) is 25.0 Å². The van der Waals surface area contributed by atoms with Crippen molar-refractivity contribution >= 4 is 29.7 Å². The Morgan fingerprint density at radius 1 is 1.07 bits per heavy atom. The van der Waals surface area contributed by atoms with Crippen molar-refractivity contribution in [2.24, 2.45) is 11.8 Å². The van der Waals surface area contributed by atoms with E-state index in [-0.39, 0.29) is 29.6 Å². The third-order valence-corrected chi connectivity index (χ3v) is 3.33. The zero-order valence-corrected chi connectivity index (χ0v) is 14.2. The molecule has 0 atom stereocenters. The second-order valence-electron chi connectivity index (χ2n) is 3.83. The summed E-state index contributed by atoms with van der Waals surface area (Å²) < 4.78 is 10.7. The van der Waals surface area contributed by atoms with Crippen LogP contribution in [0.15, 0.2) is 0 Å². The van der Waals surface area contributed by atoms with E-state index in [9.17, 15) is 0 Å². The van der Waals surface area contributed by atoms with Crippen molar-refractivity contribution in [3.8, 4) is 0 Å². The first-order chi connectivity index (χ1) is 5.83. The van der Waals surface area contributed by atoms with Gasteiger partial charge in [0, 0.05) is 0 Å². The predicted molar refractivity (Wildman–Crippen MR) is 63.2 cm³/mol. The standard InChI is InChI=1S/C8H19O2PS2.Na/c1-7(2)5-9-11(12,13)10-6-8(3)4;/h7-8H,5-6H2,1-4H3,(H,12,13);/q;+1/p-1. The van der Waals surface area contributed by atoms with Crippen molar-refractivity contribution in [1.29, 1.82) is 0 Å². The Kier molecular flexibility index (Phi) is 11.8. The molecule has 0 bridgehead atoms. The molecule has 0 heterocycles. The van der Waals surface area contributed by atoms with E-state index < -0.39 is 5.69 Å². The van der Waals surface area contributed by atoms with Gasteiger partial charge >= 0.3 is 29.6 Å². The van der Waals surface area contributed by atoms with Crippen LogP contribution in [0.4, 0.5) is 0 Å². The zero-order chi connectivity index (χ0) is 10.5. The van der Waals surface area contributed by atoms with E-state index >= 15 is 0 Å². The van der Waals surface area contributed by atoms with Crippen LogP contribution < -0.4 is 29.6 Å². The minimum atomic E-state index is -2.38. The molecule has 0 rings (SSSR count). The fraction of sp³-hybridized carbons (Fsp3) is 1.00. The van der Waals surface area contributed by atoms with Gasteiger partial charge in [-0.25, -0.2) is 0 Å². The van der Waals surface area contributed by atoms with Gasteiger partial charge in [0.25, 0.3) is 0 Å². The summed E-state index contributed by atoms with van der Waals surface area (Å²) in [4.78, 5) is 0. The van der Waals surface area contributed by atoms with Gasteiger partial charge in [-0.3, -0.25) is 0 Å². The molecule has 0 aliphatic rings. The van der Waals surface area contributed by atoms with Crippen molar-refractivity contribution in [3.05, 3.63) is 0 Å². The third-order valence-electron chi connectivity index (χ3n) is 1.13. The molecule has 0 unspecified atom stereocenters. The summed E-state index contributed by atoms with van der Waals surface area (Å²) in [5.74, 6) is 0.904. The Bertz CT molecular complexity index is 172. The maximum atomic E-state index is 5.36. The second-order valence-corrected chi connectivity index (χ2v) is 8.81. The van der Waals surface area contributed by atoms with Crippen LogP contribution in [-0.4, -0.2) is 13.2 Å². The molecule has 0 aromatic rings. The molecule has 0 fully saturated rings. The summed E-state index contributed by atoms with van der Waals surface area (Å²) >= 11 is 10.1. The molecule has 0 radical (unpaired) electrons. The molecule has 0 spiro atoms. The van der Waals surface area contributed by atoms with Crippen molar-refractivity contribution in [1.82, 2.24) is 0 Å². The summed E-state index contributed by atoms with van der Waals surface area (Å²) in [7, 11) is 0. The molecule has 0 aromatic heterocycles. The van der Waals surface area contributed by atoms with Gasteiger partial charge in [-0.15, -0.1) is 0 Å². The fourth-order valence-electron chi connectivity index (χ4n) is 0.518. The summed E-state index contributed by atoms with van der Waals surface area (Å²) in [5, 5.41) is 0. The van der Waals surface area contributed by atoms with Crippen molar-refractivity contribution < 1.29 is 38.6 Å². The van der Waals surface area contributed by atoms with Gasteiger partial charge in [0.2, 0.25) is 0 Å². The minimum absolute atomic E-state index is 0.